The summed E-state index contributed by atoms with van der Waals surface area (Å²) < 4.78 is 24.4. The Bertz CT molecular complexity index is 690. The summed E-state index contributed by atoms with van der Waals surface area (Å²) in [6.07, 6.45) is 1.36. The molecule has 2 aromatic carbocycles. The second-order valence-corrected chi connectivity index (χ2v) is 6.20. The topological polar surface area (TPSA) is 38.8 Å². The Balaban J connectivity index is 1.56. The third kappa shape index (κ3) is 4.57. The smallest absolute Gasteiger partial charge is 0.260 e. The quantitative estimate of drug-likeness (QED) is 0.833. The minimum Gasteiger partial charge on any atom is -0.484 e. The highest BCUT2D eigenvalue weighted by Crippen LogP contribution is 2.30. The van der Waals surface area contributed by atoms with Crippen LogP contribution in [-0.2, 0) is 9.53 Å². The number of likely N-dealkylation sites (N-methyl/N-ethyl adjacent to an activating group) is 1. The van der Waals surface area contributed by atoms with Crippen molar-refractivity contribution >= 4 is 5.91 Å². The van der Waals surface area contributed by atoms with Crippen molar-refractivity contribution in [3.05, 3.63) is 66.0 Å². The van der Waals surface area contributed by atoms with Crippen LogP contribution in [0.15, 0.2) is 54.6 Å². The standard InChI is InChI=1S/C20H22FNO3/c1-22(20(23)14-25-18-5-3-2-4-6-18)17-11-12-24-19(13-17)15-7-9-16(21)10-8-15/h2-10,17,19H,11-14H2,1H3/t17-,19+/m1/s1. The van der Waals surface area contributed by atoms with Crippen molar-refractivity contribution in [1.82, 2.24) is 4.90 Å². The zero-order valence-electron chi connectivity index (χ0n) is 14.2. The van der Waals surface area contributed by atoms with E-state index in [4.69, 9.17) is 9.47 Å². The van der Waals surface area contributed by atoms with E-state index in [-0.39, 0.29) is 30.5 Å². The van der Waals surface area contributed by atoms with E-state index in [0.717, 1.165) is 12.0 Å². The van der Waals surface area contributed by atoms with Crippen molar-refractivity contribution in [2.75, 3.05) is 20.3 Å². The van der Waals surface area contributed by atoms with Gasteiger partial charge in [0, 0.05) is 19.7 Å². The van der Waals surface area contributed by atoms with Crippen LogP contribution in [0, 0.1) is 5.82 Å². The highest BCUT2D eigenvalue weighted by molar-refractivity contribution is 5.77. The van der Waals surface area contributed by atoms with Gasteiger partial charge in [0.1, 0.15) is 11.6 Å². The van der Waals surface area contributed by atoms with Crippen LogP contribution in [0.2, 0.25) is 0 Å². The molecule has 1 amide bonds. The molecule has 1 heterocycles. The Labute approximate surface area is 147 Å². The Morgan fingerprint density at radius 2 is 1.92 bits per heavy atom. The molecular weight excluding hydrogens is 321 g/mol. The third-order valence-corrected chi connectivity index (χ3v) is 4.54. The van der Waals surface area contributed by atoms with Crippen LogP contribution in [0.4, 0.5) is 4.39 Å². The fourth-order valence-electron chi connectivity index (χ4n) is 3.01. The first-order chi connectivity index (χ1) is 12.1. The molecule has 0 saturated carbocycles. The van der Waals surface area contributed by atoms with Gasteiger partial charge in [0.25, 0.3) is 5.91 Å². The summed E-state index contributed by atoms with van der Waals surface area (Å²) in [5.41, 5.74) is 0.937. The number of amides is 1. The summed E-state index contributed by atoms with van der Waals surface area (Å²) in [5, 5.41) is 0. The highest BCUT2D eigenvalue weighted by atomic mass is 19.1. The first-order valence-corrected chi connectivity index (χ1v) is 8.44. The molecule has 5 heteroatoms. The number of hydrogen-bond acceptors (Lipinski definition) is 3. The Kier molecular flexibility index (Phi) is 5.66. The predicted molar refractivity (Wildman–Crippen MR) is 92.8 cm³/mol. The molecular formula is C20H22FNO3. The minimum absolute atomic E-state index is 0.0130. The molecule has 0 aliphatic carbocycles. The summed E-state index contributed by atoms with van der Waals surface area (Å²) in [4.78, 5) is 14.2. The molecule has 1 aliphatic heterocycles. The number of hydrogen-bond donors (Lipinski definition) is 0. The number of rotatable bonds is 5. The number of para-hydroxylation sites is 1. The SMILES string of the molecule is CN(C(=O)COc1ccccc1)[C@@H]1CCO[C@H](c2ccc(F)cc2)C1. The lowest BCUT2D eigenvalue weighted by Gasteiger charge is -2.35. The molecule has 0 aromatic heterocycles. The van der Waals surface area contributed by atoms with E-state index in [2.05, 4.69) is 0 Å². The van der Waals surface area contributed by atoms with Gasteiger partial charge in [-0.3, -0.25) is 4.79 Å². The monoisotopic (exact) mass is 343 g/mol. The van der Waals surface area contributed by atoms with Gasteiger partial charge in [0.15, 0.2) is 6.61 Å². The molecule has 25 heavy (non-hydrogen) atoms. The van der Waals surface area contributed by atoms with E-state index < -0.39 is 0 Å². The van der Waals surface area contributed by atoms with E-state index in [9.17, 15) is 9.18 Å². The number of carbonyl (C=O) groups is 1. The molecule has 4 nitrogen and oxygen atoms in total. The largest absolute Gasteiger partial charge is 0.484 e. The highest BCUT2D eigenvalue weighted by Gasteiger charge is 2.29. The molecule has 2 atom stereocenters. The van der Waals surface area contributed by atoms with Gasteiger partial charge >= 0.3 is 0 Å². The first-order valence-electron chi connectivity index (χ1n) is 8.44. The predicted octanol–water partition coefficient (Wildman–Crippen LogP) is 3.58. The van der Waals surface area contributed by atoms with Crippen LogP contribution in [0.25, 0.3) is 0 Å². The second-order valence-electron chi connectivity index (χ2n) is 6.20. The van der Waals surface area contributed by atoms with Crippen molar-refractivity contribution in [1.29, 1.82) is 0 Å². The maximum Gasteiger partial charge on any atom is 0.260 e. The Morgan fingerprint density at radius 3 is 2.64 bits per heavy atom. The van der Waals surface area contributed by atoms with E-state index in [0.29, 0.717) is 18.8 Å². The van der Waals surface area contributed by atoms with E-state index >= 15 is 0 Å². The van der Waals surface area contributed by atoms with Gasteiger partial charge < -0.3 is 14.4 Å². The number of carbonyl (C=O) groups excluding carboxylic acids is 1. The molecule has 0 N–H and O–H groups in total. The number of benzene rings is 2. The molecule has 3 rings (SSSR count). The molecule has 1 aliphatic rings. The molecule has 132 valence electrons. The van der Waals surface area contributed by atoms with Crippen LogP contribution in [-0.4, -0.2) is 37.1 Å². The normalized spacial score (nSPS) is 20.1. The maximum absolute atomic E-state index is 13.1. The van der Waals surface area contributed by atoms with Gasteiger partial charge in [0.05, 0.1) is 6.10 Å². The fourth-order valence-corrected chi connectivity index (χ4v) is 3.01. The molecule has 2 aromatic rings. The lowest BCUT2D eigenvalue weighted by atomic mass is 9.96. The van der Waals surface area contributed by atoms with Crippen molar-refractivity contribution in [2.45, 2.75) is 25.0 Å². The van der Waals surface area contributed by atoms with Crippen LogP contribution >= 0.6 is 0 Å². The van der Waals surface area contributed by atoms with Gasteiger partial charge in [-0.2, -0.15) is 0 Å². The summed E-state index contributed by atoms with van der Waals surface area (Å²) in [5.74, 6) is 0.357. The summed E-state index contributed by atoms with van der Waals surface area (Å²) in [6.45, 7) is 0.586. The second kappa shape index (κ2) is 8.12. The number of ether oxygens (including phenoxy) is 2. The zero-order chi connectivity index (χ0) is 17.6. The average molecular weight is 343 g/mol. The summed E-state index contributed by atoms with van der Waals surface area (Å²) >= 11 is 0. The molecule has 1 saturated heterocycles. The van der Waals surface area contributed by atoms with Gasteiger partial charge in [-0.25, -0.2) is 4.39 Å². The average Bonchev–Trinajstić information content (AvgIpc) is 2.67. The molecule has 0 spiro atoms. The zero-order valence-corrected chi connectivity index (χ0v) is 14.2. The Hall–Kier alpha value is -2.40. The van der Waals surface area contributed by atoms with Crippen LogP contribution in [0.5, 0.6) is 5.75 Å². The van der Waals surface area contributed by atoms with Gasteiger partial charge in [-0.1, -0.05) is 30.3 Å². The summed E-state index contributed by atoms with van der Waals surface area (Å²) in [7, 11) is 1.80. The first kappa shape index (κ1) is 17.4. The van der Waals surface area contributed by atoms with Crippen molar-refractivity contribution in [3.8, 4) is 5.75 Å². The minimum atomic E-state index is -0.263. The van der Waals surface area contributed by atoms with Crippen molar-refractivity contribution in [2.24, 2.45) is 0 Å². The van der Waals surface area contributed by atoms with E-state index in [1.807, 2.05) is 30.3 Å². The fraction of sp³-hybridized carbons (Fsp3) is 0.350. The van der Waals surface area contributed by atoms with E-state index in [1.54, 1.807) is 24.1 Å². The van der Waals surface area contributed by atoms with E-state index in [1.165, 1.54) is 12.1 Å². The van der Waals surface area contributed by atoms with Gasteiger partial charge in [-0.15, -0.1) is 0 Å². The summed E-state index contributed by atoms with van der Waals surface area (Å²) in [6, 6.07) is 15.7. The van der Waals surface area contributed by atoms with Gasteiger partial charge in [0.2, 0.25) is 0 Å². The van der Waals surface area contributed by atoms with Crippen LogP contribution < -0.4 is 4.74 Å². The molecule has 1 fully saturated rings. The lowest BCUT2D eigenvalue weighted by molar-refractivity contribution is -0.137. The number of halogens is 1. The van der Waals surface area contributed by atoms with Gasteiger partial charge in [-0.05, 0) is 42.7 Å². The molecule has 0 radical (unpaired) electrons. The molecule has 0 unspecified atom stereocenters. The van der Waals surface area contributed by atoms with Crippen LogP contribution in [0.3, 0.4) is 0 Å². The maximum atomic E-state index is 13.1. The third-order valence-electron chi connectivity index (χ3n) is 4.54. The van der Waals surface area contributed by atoms with Crippen LogP contribution in [0.1, 0.15) is 24.5 Å². The van der Waals surface area contributed by atoms with Crippen molar-refractivity contribution < 1.29 is 18.7 Å². The lowest BCUT2D eigenvalue weighted by Crippen LogP contribution is -2.43. The number of nitrogens with zero attached hydrogens (tertiary/aromatic N) is 1. The molecule has 0 bridgehead atoms. The Morgan fingerprint density at radius 1 is 1.20 bits per heavy atom. The van der Waals surface area contributed by atoms with Crippen molar-refractivity contribution in [3.63, 3.8) is 0 Å².